The zero-order chi connectivity index (χ0) is 10.1. The summed E-state index contributed by atoms with van der Waals surface area (Å²) in [5.41, 5.74) is 0.935. The van der Waals surface area contributed by atoms with E-state index in [9.17, 15) is 4.79 Å². The van der Waals surface area contributed by atoms with E-state index < -0.39 is 5.97 Å². The number of furan rings is 1. The van der Waals surface area contributed by atoms with Gasteiger partial charge in [-0.1, -0.05) is 25.1 Å². The van der Waals surface area contributed by atoms with Gasteiger partial charge in [-0.25, -0.2) is 4.79 Å². The Kier molecular flexibility index (Phi) is 3.37. The Bertz CT molecular complexity index is 488. The molecule has 0 unspecified atom stereocenters. The predicted molar refractivity (Wildman–Crippen MR) is 59.8 cm³/mol. The Hall–Kier alpha value is -1.48. The second-order valence-corrected chi connectivity index (χ2v) is 3.06. The van der Waals surface area contributed by atoms with Gasteiger partial charge in [-0.2, -0.15) is 0 Å². The number of hydrogen-bond donors (Lipinski definition) is 1. The van der Waals surface area contributed by atoms with Gasteiger partial charge in [0, 0.05) is 11.8 Å². The Labute approximate surface area is 93.1 Å². The standard InChI is InChI=1S/C11H10O3.ClH/c1-2-8-10(11(12)13)7-5-3-4-6-9(7)14-8;/h3-6H,2H2,1H3,(H,12,13);1H. The summed E-state index contributed by atoms with van der Waals surface area (Å²) in [4.78, 5) is 11.0. The van der Waals surface area contributed by atoms with Crippen LogP contribution in [0, 0.1) is 0 Å². The minimum absolute atomic E-state index is 0. The first kappa shape index (κ1) is 11.6. The van der Waals surface area contributed by atoms with E-state index in [1.165, 1.54) is 0 Å². The van der Waals surface area contributed by atoms with Gasteiger partial charge in [0.15, 0.2) is 0 Å². The van der Waals surface area contributed by atoms with Gasteiger partial charge in [0.25, 0.3) is 0 Å². The van der Waals surface area contributed by atoms with Crippen molar-refractivity contribution in [1.82, 2.24) is 0 Å². The normalized spacial score (nSPS) is 9.93. The summed E-state index contributed by atoms with van der Waals surface area (Å²) in [7, 11) is 0. The Balaban J connectivity index is 0.00000112. The van der Waals surface area contributed by atoms with Crippen molar-refractivity contribution >= 4 is 29.3 Å². The van der Waals surface area contributed by atoms with E-state index >= 15 is 0 Å². The van der Waals surface area contributed by atoms with Crippen LogP contribution in [0.15, 0.2) is 28.7 Å². The number of carboxylic acid groups (broad SMARTS) is 1. The van der Waals surface area contributed by atoms with E-state index in [2.05, 4.69) is 0 Å². The Morgan fingerprint density at radius 1 is 1.40 bits per heavy atom. The quantitative estimate of drug-likeness (QED) is 0.856. The zero-order valence-electron chi connectivity index (χ0n) is 8.19. The number of fused-ring (bicyclic) bond motifs is 1. The highest BCUT2D eigenvalue weighted by Crippen LogP contribution is 2.25. The van der Waals surface area contributed by atoms with Crippen LogP contribution in [0.2, 0.25) is 0 Å². The molecule has 0 radical (unpaired) electrons. The highest BCUT2D eigenvalue weighted by atomic mass is 35.5. The SMILES string of the molecule is CCc1oc2ccccc2c1C(=O)O.Cl. The third-order valence-electron chi connectivity index (χ3n) is 2.20. The molecule has 4 heteroatoms. The van der Waals surface area contributed by atoms with Gasteiger partial charge in [0.05, 0.1) is 0 Å². The first-order valence-electron chi connectivity index (χ1n) is 4.47. The van der Waals surface area contributed by atoms with Crippen molar-refractivity contribution in [2.75, 3.05) is 0 Å². The Morgan fingerprint density at radius 3 is 2.67 bits per heavy atom. The van der Waals surface area contributed by atoms with Gasteiger partial charge in [0.1, 0.15) is 16.9 Å². The largest absolute Gasteiger partial charge is 0.478 e. The van der Waals surface area contributed by atoms with Gasteiger partial charge in [-0.3, -0.25) is 0 Å². The molecule has 15 heavy (non-hydrogen) atoms. The van der Waals surface area contributed by atoms with Gasteiger partial charge >= 0.3 is 5.97 Å². The first-order valence-corrected chi connectivity index (χ1v) is 4.47. The minimum Gasteiger partial charge on any atom is -0.478 e. The monoisotopic (exact) mass is 226 g/mol. The molecule has 0 aliphatic rings. The van der Waals surface area contributed by atoms with E-state index in [0.717, 1.165) is 0 Å². The average Bonchev–Trinajstić information content (AvgIpc) is 2.55. The van der Waals surface area contributed by atoms with Crippen LogP contribution >= 0.6 is 12.4 Å². The molecule has 0 amide bonds. The molecule has 0 bridgehead atoms. The second-order valence-electron chi connectivity index (χ2n) is 3.06. The van der Waals surface area contributed by atoms with Gasteiger partial charge in [0.2, 0.25) is 0 Å². The fourth-order valence-corrected chi connectivity index (χ4v) is 1.58. The smallest absolute Gasteiger partial charge is 0.339 e. The highest BCUT2D eigenvalue weighted by molar-refractivity contribution is 6.03. The molecule has 1 heterocycles. The van der Waals surface area contributed by atoms with Crippen LogP contribution in [0.3, 0.4) is 0 Å². The summed E-state index contributed by atoms with van der Waals surface area (Å²) in [5.74, 6) is -0.384. The van der Waals surface area contributed by atoms with Gasteiger partial charge < -0.3 is 9.52 Å². The maximum absolute atomic E-state index is 11.0. The number of benzene rings is 1. The molecule has 0 aliphatic carbocycles. The van der Waals surface area contributed by atoms with Crippen LogP contribution in [0.25, 0.3) is 11.0 Å². The third-order valence-corrected chi connectivity index (χ3v) is 2.20. The number of carboxylic acids is 1. The Morgan fingerprint density at radius 2 is 2.07 bits per heavy atom. The fourth-order valence-electron chi connectivity index (χ4n) is 1.58. The molecule has 0 atom stereocenters. The number of para-hydroxylation sites is 1. The van der Waals surface area contributed by atoms with Crippen LogP contribution in [0.4, 0.5) is 0 Å². The molecule has 0 spiro atoms. The van der Waals surface area contributed by atoms with Crippen LogP contribution in [0.1, 0.15) is 23.0 Å². The molecule has 2 aromatic rings. The molecule has 0 saturated heterocycles. The second kappa shape index (κ2) is 4.36. The number of rotatable bonds is 2. The predicted octanol–water partition coefficient (Wildman–Crippen LogP) is 3.12. The lowest BCUT2D eigenvalue weighted by atomic mass is 10.1. The molecule has 1 N–H and O–H groups in total. The van der Waals surface area contributed by atoms with E-state index in [1.807, 2.05) is 19.1 Å². The average molecular weight is 227 g/mol. The van der Waals surface area contributed by atoms with Crippen molar-refractivity contribution in [3.8, 4) is 0 Å². The molecule has 0 aliphatic heterocycles. The van der Waals surface area contributed by atoms with Gasteiger partial charge in [-0.15, -0.1) is 12.4 Å². The van der Waals surface area contributed by atoms with Gasteiger partial charge in [-0.05, 0) is 6.07 Å². The summed E-state index contributed by atoms with van der Waals surface area (Å²) in [5, 5.41) is 9.70. The fraction of sp³-hybridized carbons (Fsp3) is 0.182. The van der Waals surface area contributed by atoms with E-state index in [4.69, 9.17) is 9.52 Å². The third kappa shape index (κ3) is 1.83. The molecule has 0 fully saturated rings. The van der Waals surface area contributed by atoms with Crippen molar-refractivity contribution < 1.29 is 14.3 Å². The highest BCUT2D eigenvalue weighted by Gasteiger charge is 2.17. The summed E-state index contributed by atoms with van der Waals surface area (Å²) < 4.78 is 5.43. The molecule has 80 valence electrons. The van der Waals surface area contributed by atoms with Crippen molar-refractivity contribution in [3.05, 3.63) is 35.6 Å². The minimum atomic E-state index is -0.924. The summed E-state index contributed by atoms with van der Waals surface area (Å²) in [6.07, 6.45) is 0.594. The van der Waals surface area contributed by atoms with Crippen LogP contribution in [0.5, 0.6) is 0 Å². The van der Waals surface area contributed by atoms with Crippen LogP contribution in [-0.2, 0) is 6.42 Å². The van der Waals surface area contributed by atoms with Crippen LogP contribution < -0.4 is 0 Å². The van der Waals surface area contributed by atoms with Crippen molar-refractivity contribution in [2.24, 2.45) is 0 Å². The zero-order valence-corrected chi connectivity index (χ0v) is 9.00. The lowest BCUT2D eigenvalue weighted by Crippen LogP contribution is -1.98. The molecule has 0 saturated carbocycles. The first-order chi connectivity index (χ1) is 6.74. The topological polar surface area (TPSA) is 50.4 Å². The van der Waals surface area contributed by atoms with Crippen LogP contribution in [-0.4, -0.2) is 11.1 Å². The summed E-state index contributed by atoms with van der Waals surface area (Å²) >= 11 is 0. The maximum Gasteiger partial charge on any atom is 0.339 e. The lowest BCUT2D eigenvalue weighted by Gasteiger charge is -1.92. The summed E-state index contributed by atoms with van der Waals surface area (Å²) in [6.45, 7) is 1.88. The number of hydrogen-bond acceptors (Lipinski definition) is 2. The lowest BCUT2D eigenvalue weighted by molar-refractivity contribution is 0.0696. The van der Waals surface area contributed by atoms with Crippen molar-refractivity contribution in [2.45, 2.75) is 13.3 Å². The number of aryl methyl sites for hydroxylation is 1. The number of halogens is 1. The van der Waals surface area contributed by atoms with Crippen molar-refractivity contribution in [3.63, 3.8) is 0 Å². The van der Waals surface area contributed by atoms with Crippen molar-refractivity contribution in [1.29, 1.82) is 0 Å². The van der Waals surface area contributed by atoms with E-state index in [0.29, 0.717) is 28.7 Å². The summed E-state index contributed by atoms with van der Waals surface area (Å²) in [6, 6.07) is 7.18. The molecule has 3 nitrogen and oxygen atoms in total. The molecular weight excluding hydrogens is 216 g/mol. The van der Waals surface area contributed by atoms with E-state index in [-0.39, 0.29) is 12.4 Å². The maximum atomic E-state index is 11.0. The number of aromatic carboxylic acids is 1. The molecule has 1 aromatic carbocycles. The molecule has 2 rings (SSSR count). The van der Waals surface area contributed by atoms with E-state index in [1.54, 1.807) is 12.1 Å². The number of carbonyl (C=O) groups is 1. The molecule has 1 aromatic heterocycles. The molecular formula is C11H11ClO3.